The van der Waals surface area contributed by atoms with Crippen molar-refractivity contribution >= 4 is 0 Å². The molecule has 1 nitrogen and oxygen atoms in total. The van der Waals surface area contributed by atoms with Crippen LogP contribution in [0.5, 0.6) is 0 Å². The molecule has 0 aromatic carbocycles. The highest BCUT2D eigenvalue weighted by molar-refractivity contribution is 4.97. The van der Waals surface area contributed by atoms with Gasteiger partial charge in [0.25, 0.3) is 0 Å². The summed E-state index contributed by atoms with van der Waals surface area (Å²) in [6.45, 7) is 3.38. The van der Waals surface area contributed by atoms with Crippen molar-refractivity contribution in [3.8, 4) is 0 Å². The zero-order chi connectivity index (χ0) is 7.90. The maximum absolute atomic E-state index is 5.28. The van der Waals surface area contributed by atoms with Crippen molar-refractivity contribution in [1.29, 1.82) is 0 Å². The highest BCUT2D eigenvalue weighted by atomic mass is 16.5. The number of rotatable bonds is 2. The third-order valence-electron chi connectivity index (χ3n) is 3.76. The Kier molecular flexibility index (Phi) is 1.71. The Bertz CT molecular complexity index is 155. The molecule has 0 aromatic heterocycles. The molecule has 2 saturated carbocycles. The summed E-state index contributed by atoms with van der Waals surface area (Å²) in [5, 5.41) is 0. The van der Waals surface area contributed by atoms with E-state index in [4.69, 9.17) is 4.74 Å². The SMILES string of the molecule is COCC1(C)CC2CCC1C2. The number of hydrogen-bond acceptors (Lipinski definition) is 1. The molecule has 2 rings (SSSR count). The summed E-state index contributed by atoms with van der Waals surface area (Å²) in [7, 11) is 1.83. The van der Waals surface area contributed by atoms with E-state index in [9.17, 15) is 0 Å². The second kappa shape index (κ2) is 2.48. The van der Waals surface area contributed by atoms with Gasteiger partial charge in [-0.15, -0.1) is 0 Å². The van der Waals surface area contributed by atoms with Crippen LogP contribution in [0.3, 0.4) is 0 Å². The van der Waals surface area contributed by atoms with Crippen LogP contribution in [0.25, 0.3) is 0 Å². The third-order valence-corrected chi connectivity index (χ3v) is 3.76. The average molecular weight is 154 g/mol. The van der Waals surface area contributed by atoms with E-state index in [0.717, 1.165) is 18.4 Å². The molecule has 0 aliphatic heterocycles. The van der Waals surface area contributed by atoms with Crippen LogP contribution in [0.4, 0.5) is 0 Å². The number of hydrogen-bond donors (Lipinski definition) is 0. The molecule has 2 fully saturated rings. The van der Waals surface area contributed by atoms with Crippen molar-refractivity contribution in [3.05, 3.63) is 0 Å². The molecule has 64 valence electrons. The van der Waals surface area contributed by atoms with Crippen molar-refractivity contribution < 1.29 is 4.74 Å². The highest BCUT2D eigenvalue weighted by Gasteiger charge is 2.47. The van der Waals surface area contributed by atoms with Gasteiger partial charge >= 0.3 is 0 Å². The predicted molar refractivity (Wildman–Crippen MR) is 45.4 cm³/mol. The standard InChI is InChI=1S/C10H18O/c1-10(7-11-2)6-8-3-4-9(10)5-8/h8-9H,3-7H2,1-2H3. The van der Waals surface area contributed by atoms with Gasteiger partial charge in [0.1, 0.15) is 0 Å². The molecule has 0 radical (unpaired) electrons. The molecule has 0 amide bonds. The van der Waals surface area contributed by atoms with E-state index in [1.165, 1.54) is 25.7 Å². The first kappa shape index (κ1) is 7.60. The Balaban J connectivity index is 2.04. The summed E-state index contributed by atoms with van der Waals surface area (Å²) in [5.41, 5.74) is 0.539. The van der Waals surface area contributed by atoms with Crippen LogP contribution in [0.1, 0.15) is 32.6 Å². The first-order valence-corrected chi connectivity index (χ1v) is 4.73. The molecule has 2 aliphatic carbocycles. The van der Waals surface area contributed by atoms with Crippen molar-refractivity contribution in [2.24, 2.45) is 17.3 Å². The predicted octanol–water partition coefficient (Wildman–Crippen LogP) is 2.46. The molecule has 2 bridgehead atoms. The molecule has 0 heterocycles. The lowest BCUT2D eigenvalue weighted by atomic mass is 9.75. The summed E-state index contributed by atoms with van der Waals surface area (Å²) >= 11 is 0. The lowest BCUT2D eigenvalue weighted by Gasteiger charge is -2.33. The zero-order valence-corrected chi connectivity index (χ0v) is 7.60. The molecule has 0 N–H and O–H groups in total. The normalized spacial score (nSPS) is 48.5. The summed E-state index contributed by atoms with van der Waals surface area (Å²) in [4.78, 5) is 0. The molecule has 0 aromatic rings. The quantitative estimate of drug-likeness (QED) is 0.593. The molecule has 0 saturated heterocycles. The van der Waals surface area contributed by atoms with Gasteiger partial charge in [0.15, 0.2) is 0 Å². The van der Waals surface area contributed by atoms with Gasteiger partial charge in [-0.2, -0.15) is 0 Å². The van der Waals surface area contributed by atoms with Crippen LogP contribution in [-0.4, -0.2) is 13.7 Å². The van der Waals surface area contributed by atoms with Gasteiger partial charge in [0.05, 0.1) is 6.61 Å². The van der Waals surface area contributed by atoms with Crippen LogP contribution in [0.15, 0.2) is 0 Å². The summed E-state index contributed by atoms with van der Waals surface area (Å²) in [6, 6.07) is 0. The van der Waals surface area contributed by atoms with Crippen LogP contribution in [0.2, 0.25) is 0 Å². The molecule has 2 aliphatic rings. The minimum atomic E-state index is 0.539. The first-order valence-electron chi connectivity index (χ1n) is 4.73. The Labute approximate surface area is 69.1 Å². The minimum absolute atomic E-state index is 0.539. The topological polar surface area (TPSA) is 9.23 Å². The number of methoxy groups -OCH3 is 1. The van der Waals surface area contributed by atoms with E-state index in [0.29, 0.717) is 5.41 Å². The highest BCUT2D eigenvalue weighted by Crippen LogP contribution is 2.55. The van der Waals surface area contributed by atoms with Crippen molar-refractivity contribution in [3.63, 3.8) is 0 Å². The maximum Gasteiger partial charge on any atom is 0.0518 e. The van der Waals surface area contributed by atoms with E-state index < -0.39 is 0 Å². The largest absolute Gasteiger partial charge is 0.384 e. The van der Waals surface area contributed by atoms with Gasteiger partial charge in [-0.3, -0.25) is 0 Å². The second-order valence-electron chi connectivity index (χ2n) is 4.67. The molecule has 1 heteroatoms. The molecule has 3 atom stereocenters. The average Bonchev–Trinajstić information content (AvgIpc) is 2.45. The summed E-state index contributed by atoms with van der Waals surface area (Å²) in [6.07, 6.45) is 5.86. The number of ether oxygens (including phenoxy) is 1. The van der Waals surface area contributed by atoms with E-state index in [-0.39, 0.29) is 0 Å². The van der Waals surface area contributed by atoms with Gasteiger partial charge in [0.2, 0.25) is 0 Å². The molecule has 0 spiro atoms. The molecular formula is C10H18O. The third kappa shape index (κ3) is 1.10. The number of fused-ring (bicyclic) bond motifs is 2. The van der Waals surface area contributed by atoms with Crippen molar-refractivity contribution in [2.75, 3.05) is 13.7 Å². The van der Waals surface area contributed by atoms with E-state index in [1.54, 1.807) is 0 Å². The summed E-state index contributed by atoms with van der Waals surface area (Å²) in [5.74, 6) is 2.02. The van der Waals surface area contributed by atoms with Crippen molar-refractivity contribution in [2.45, 2.75) is 32.6 Å². The lowest BCUT2D eigenvalue weighted by molar-refractivity contribution is 0.0495. The van der Waals surface area contributed by atoms with Gasteiger partial charge in [-0.05, 0) is 36.5 Å². The fraction of sp³-hybridized carbons (Fsp3) is 1.00. The second-order valence-corrected chi connectivity index (χ2v) is 4.67. The van der Waals surface area contributed by atoms with E-state index in [1.807, 2.05) is 7.11 Å². The van der Waals surface area contributed by atoms with E-state index >= 15 is 0 Å². The van der Waals surface area contributed by atoms with Gasteiger partial charge in [-0.25, -0.2) is 0 Å². The zero-order valence-electron chi connectivity index (χ0n) is 7.60. The monoisotopic (exact) mass is 154 g/mol. The lowest BCUT2D eigenvalue weighted by Crippen LogP contribution is -2.28. The Morgan fingerprint density at radius 1 is 1.45 bits per heavy atom. The Morgan fingerprint density at radius 2 is 2.27 bits per heavy atom. The first-order chi connectivity index (χ1) is 5.24. The maximum atomic E-state index is 5.28. The Morgan fingerprint density at radius 3 is 2.73 bits per heavy atom. The van der Waals surface area contributed by atoms with Crippen LogP contribution < -0.4 is 0 Å². The fourth-order valence-corrected chi connectivity index (χ4v) is 3.23. The van der Waals surface area contributed by atoms with Crippen LogP contribution in [0, 0.1) is 17.3 Å². The van der Waals surface area contributed by atoms with Gasteiger partial charge in [0, 0.05) is 7.11 Å². The summed E-state index contributed by atoms with van der Waals surface area (Å²) < 4.78 is 5.28. The van der Waals surface area contributed by atoms with Crippen LogP contribution >= 0.6 is 0 Å². The molecule has 11 heavy (non-hydrogen) atoms. The van der Waals surface area contributed by atoms with Gasteiger partial charge in [-0.1, -0.05) is 13.3 Å². The van der Waals surface area contributed by atoms with E-state index in [2.05, 4.69) is 6.92 Å². The Hall–Kier alpha value is -0.0400. The minimum Gasteiger partial charge on any atom is -0.384 e. The molecular weight excluding hydrogens is 136 g/mol. The van der Waals surface area contributed by atoms with Crippen LogP contribution in [-0.2, 0) is 4.74 Å². The molecule has 3 unspecified atom stereocenters. The fourth-order valence-electron chi connectivity index (χ4n) is 3.23. The van der Waals surface area contributed by atoms with Crippen molar-refractivity contribution in [1.82, 2.24) is 0 Å². The smallest absolute Gasteiger partial charge is 0.0518 e. The van der Waals surface area contributed by atoms with Gasteiger partial charge < -0.3 is 4.74 Å².